The van der Waals surface area contributed by atoms with Crippen LogP contribution in [-0.4, -0.2) is 57.8 Å². The van der Waals surface area contributed by atoms with Gasteiger partial charge in [0, 0.05) is 36.0 Å². The highest BCUT2D eigenvalue weighted by molar-refractivity contribution is 5.86. The number of anilines is 4. The van der Waals surface area contributed by atoms with Gasteiger partial charge < -0.3 is 37.3 Å². The van der Waals surface area contributed by atoms with Crippen LogP contribution in [0.15, 0.2) is 30.6 Å². The van der Waals surface area contributed by atoms with Crippen molar-refractivity contribution < 1.29 is 0 Å². The van der Waals surface area contributed by atoms with Crippen molar-refractivity contribution in [3.63, 3.8) is 0 Å². The van der Waals surface area contributed by atoms with E-state index in [9.17, 15) is 0 Å². The third kappa shape index (κ3) is 7.58. The van der Waals surface area contributed by atoms with Gasteiger partial charge in [-0.3, -0.25) is 0 Å². The summed E-state index contributed by atoms with van der Waals surface area (Å²) in [6.07, 6.45) is 14.3. The maximum atomic E-state index is 6.13. The van der Waals surface area contributed by atoms with Gasteiger partial charge in [-0.2, -0.15) is 9.97 Å². The number of hydrogen-bond donors (Lipinski definition) is 6. The van der Waals surface area contributed by atoms with Gasteiger partial charge in [0.05, 0.1) is 6.33 Å². The molecule has 0 radical (unpaired) electrons. The van der Waals surface area contributed by atoms with Crippen molar-refractivity contribution in [2.75, 3.05) is 42.1 Å². The summed E-state index contributed by atoms with van der Waals surface area (Å²) in [5.74, 6) is 1.41. The van der Waals surface area contributed by atoms with E-state index in [1.807, 2.05) is 6.33 Å². The lowest BCUT2D eigenvalue weighted by Gasteiger charge is -2.27. The first-order valence-electron chi connectivity index (χ1n) is 15.0. The standard InChI is InChI=1S/C29H46N10/c30-16-5-18-32-17-3-4-19-33-22-12-14-23(15-13-22)35-27-26-28(39(20-34-26)25-6-1-2-7-25)38-29(37-27)36-24-10-8-21(31)9-11-24/h12-15,20-21,24-25,32-33H,1-11,16-19,30-31H2,(H2,35,36,37,38). The Labute approximate surface area is 232 Å². The molecule has 0 aliphatic heterocycles. The fourth-order valence-electron chi connectivity index (χ4n) is 5.73. The highest BCUT2D eigenvalue weighted by Crippen LogP contribution is 2.34. The Bertz CT molecular complexity index is 1150. The van der Waals surface area contributed by atoms with Crippen molar-refractivity contribution in [3.8, 4) is 0 Å². The fourth-order valence-corrected chi connectivity index (χ4v) is 5.73. The number of fused-ring (bicyclic) bond motifs is 1. The highest BCUT2D eigenvalue weighted by Gasteiger charge is 2.24. The third-order valence-electron chi connectivity index (χ3n) is 8.06. The van der Waals surface area contributed by atoms with Crippen molar-refractivity contribution in [1.29, 1.82) is 0 Å². The molecule has 10 nitrogen and oxygen atoms in total. The van der Waals surface area contributed by atoms with Crippen molar-refractivity contribution in [3.05, 3.63) is 30.6 Å². The van der Waals surface area contributed by atoms with Crippen LogP contribution in [0.3, 0.4) is 0 Å². The molecule has 0 unspecified atom stereocenters. The molecule has 0 amide bonds. The highest BCUT2D eigenvalue weighted by atomic mass is 15.2. The number of aromatic nitrogens is 4. The number of rotatable bonds is 14. The zero-order valence-electron chi connectivity index (χ0n) is 23.2. The molecule has 10 heteroatoms. The van der Waals surface area contributed by atoms with E-state index in [2.05, 4.69) is 50.1 Å². The molecule has 0 spiro atoms. The molecule has 0 atom stereocenters. The van der Waals surface area contributed by atoms with E-state index < -0.39 is 0 Å². The molecule has 2 heterocycles. The average molecular weight is 535 g/mol. The Balaban J connectivity index is 1.24. The Morgan fingerprint density at radius 1 is 0.846 bits per heavy atom. The first-order valence-corrected chi connectivity index (χ1v) is 15.0. The van der Waals surface area contributed by atoms with Gasteiger partial charge in [-0.1, -0.05) is 12.8 Å². The zero-order valence-corrected chi connectivity index (χ0v) is 23.2. The molecule has 39 heavy (non-hydrogen) atoms. The van der Waals surface area contributed by atoms with E-state index in [0.29, 0.717) is 24.1 Å². The van der Waals surface area contributed by atoms with E-state index in [4.69, 9.17) is 26.4 Å². The van der Waals surface area contributed by atoms with Crippen molar-refractivity contribution in [2.45, 2.75) is 88.8 Å². The number of nitrogens with two attached hydrogens (primary N) is 2. The van der Waals surface area contributed by atoms with Gasteiger partial charge >= 0.3 is 0 Å². The van der Waals surface area contributed by atoms with Gasteiger partial charge in [0.15, 0.2) is 17.0 Å². The van der Waals surface area contributed by atoms with E-state index in [1.165, 1.54) is 25.7 Å². The summed E-state index contributed by atoms with van der Waals surface area (Å²) in [4.78, 5) is 14.6. The molecule has 0 bridgehead atoms. The summed E-state index contributed by atoms with van der Waals surface area (Å²) in [6.45, 7) is 3.75. The molecule has 0 saturated heterocycles. The Morgan fingerprint density at radius 2 is 1.56 bits per heavy atom. The average Bonchev–Trinajstić information content (AvgIpc) is 3.63. The zero-order chi connectivity index (χ0) is 26.9. The molecule has 3 aromatic rings. The minimum Gasteiger partial charge on any atom is -0.385 e. The molecular formula is C29H46N10. The first kappa shape index (κ1) is 27.6. The van der Waals surface area contributed by atoms with Gasteiger partial charge in [0.25, 0.3) is 0 Å². The summed E-state index contributed by atoms with van der Waals surface area (Å²) in [5, 5.41) is 14.1. The topological polar surface area (TPSA) is 144 Å². The molecule has 2 fully saturated rings. The number of benzene rings is 1. The van der Waals surface area contributed by atoms with Gasteiger partial charge in [0.1, 0.15) is 0 Å². The minimum absolute atomic E-state index is 0.313. The predicted molar refractivity (Wildman–Crippen MR) is 161 cm³/mol. The molecule has 2 aliphatic rings. The number of hydrogen-bond acceptors (Lipinski definition) is 9. The normalized spacial score (nSPS) is 19.9. The quantitative estimate of drug-likeness (QED) is 0.165. The molecule has 2 saturated carbocycles. The van der Waals surface area contributed by atoms with Crippen LogP contribution < -0.4 is 32.7 Å². The number of unbranched alkanes of at least 4 members (excludes halogenated alkanes) is 1. The second-order valence-corrected chi connectivity index (χ2v) is 11.1. The summed E-state index contributed by atoms with van der Waals surface area (Å²) >= 11 is 0. The lowest BCUT2D eigenvalue weighted by Crippen LogP contribution is -2.33. The Hall–Kier alpha value is -2.95. The Kier molecular flexibility index (Phi) is 9.85. The molecule has 212 valence electrons. The van der Waals surface area contributed by atoms with Gasteiger partial charge in [-0.25, -0.2) is 4.98 Å². The summed E-state index contributed by atoms with van der Waals surface area (Å²) < 4.78 is 2.26. The molecule has 2 aromatic heterocycles. The molecule has 2 aliphatic carbocycles. The van der Waals surface area contributed by atoms with Crippen LogP contribution in [0.25, 0.3) is 11.2 Å². The first-order chi connectivity index (χ1) is 19.2. The van der Waals surface area contributed by atoms with Gasteiger partial charge in [-0.15, -0.1) is 0 Å². The van der Waals surface area contributed by atoms with Crippen LogP contribution >= 0.6 is 0 Å². The van der Waals surface area contributed by atoms with E-state index in [-0.39, 0.29) is 0 Å². The van der Waals surface area contributed by atoms with E-state index >= 15 is 0 Å². The summed E-state index contributed by atoms with van der Waals surface area (Å²) in [7, 11) is 0. The van der Waals surface area contributed by atoms with Gasteiger partial charge in [-0.05, 0) is 102 Å². The number of imidazole rings is 1. The monoisotopic (exact) mass is 534 g/mol. The largest absolute Gasteiger partial charge is 0.385 e. The maximum Gasteiger partial charge on any atom is 0.227 e. The predicted octanol–water partition coefficient (Wildman–Crippen LogP) is 4.50. The lowest BCUT2D eigenvalue weighted by atomic mass is 9.92. The van der Waals surface area contributed by atoms with Crippen molar-refractivity contribution in [2.24, 2.45) is 11.5 Å². The second-order valence-electron chi connectivity index (χ2n) is 11.1. The third-order valence-corrected chi connectivity index (χ3v) is 8.06. The smallest absolute Gasteiger partial charge is 0.227 e. The SMILES string of the molecule is NCCCNCCCCNc1ccc(Nc2nc(NC3CCC(N)CC3)nc3c2ncn3C2CCCC2)cc1. The van der Waals surface area contributed by atoms with Crippen LogP contribution in [0.2, 0.25) is 0 Å². The number of nitrogens with one attached hydrogen (secondary N) is 4. The lowest BCUT2D eigenvalue weighted by molar-refractivity contribution is 0.410. The fraction of sp³-hybridized carbons (Fsp3) is 0.621. The molecule has 1 aromatic carbocycles. The molecule has 8 N–H and O–H groups in total. The van der Waals surface area contributed by atoms with Gasteiger partial charge in [0.2, 0.25) is 5.95 Å². The van der Waals surface area contributed by atoms with E-state index in [0.717, 1.165) is 99.5 Å². The van der Waals surface area contributed by atoms with Crippen LogP contribution in [0.5, 0.6) is 0 Å². The van der Waals surface area contributed by atoms with E-state index in [1.54, 1.807) is 0 Å². The molecular weight excluding hydrogens is 488 g/mol. The Morgan fingerprint density at radius 3 is 2.33 bits per heavy atom. The van der Waals surface area contributed by atoms with Crippen LogP contribution in [0.4, 0.5) is 23.1 Å². The summed E-state index contributed by atoms with van der Waals surface area (Å²) in [6, 6.07) is 9.54. The van der Waals surface area contributed by atoms with Crippen LogP contribution in [-0.2, 0) is 0 Å². The van der Waals surface area contributed by atoms with Crippen LogP contribution in [0, 0.1) is 0 Å². The molecule has 5 rings (SSSR count). The van der Waals surface area contributed by atoms with Crippen molar-refractivity contribution >= 4 is 34.3 Å². The van der Waals surface area contributed by atoms with Crippen LogP contribution in [0.1, 0.15) is 76.7 Å². The van der Waals surface area contributed by atoms with Crippen molar-refractivity contribution in [1.82, 2.24) is 24.8 Å². The summed E-state index contributed by atoms with van der Waals surface area (Å²) in [5.41, 5.74) is 15.5. The number of nitrogens with zero attached hydrogens (tertiary/aromatic N) is 4. The minimum atomic E-state index is 0.313. The maximum absolute atomic E-state index is 6.13. The second kappa shape index (κ2) is 13.9.